The summed E-state index contributed by atoms with van der Waals surface area (Å²) in [7, 11) is 3.66. The maximum absolute atomic E-state index is 11.6. The Morgan fingerprint density at radius 2 is 2.24 bits per heavy atom. The van der Waals surface area contributed by atoms with Gasteiger partial charge in [0, 0.05) is 26.2 Å². The molecule has 0 bridgehead atoms. The van der Waals surface area contributed by atoms with Gasteiger partial charge >= 0.3 is 12.0 Å². The number of rotatable bonds is 5. The van der Waals surface area contributed by atoms with Crippen LogP contribution in [0.4, 0.5) is 4.79 Å². The Labute approximate surface area is 102 Å². The quantitative estimate of drug-likeness (QED) is 0.723. The van der Waals surface area contributed by atoms with Gasteiger partial charge in [0.15, 0.2) is 0 Å². The molecule has 1 unspecified atom stereocenters. The van der Waals surface area contributed by atoms with Crippen LogP contribution >= 0.6 is 0 Å². The van der Waals surface area contributed by atoms with Crippen molar-refractivity contribution in [2.75, 3.05) is 33.7 Å². The molecule has 1 saturated heterocycles. The van der Waals surface area contributed by atoms with Gasteiger partial charge in [0.25, 0.3) is 0 Å². The first-order valence-electron chi connectivity index (χ1n) is 5.91. The van der Waals surface area contributed by atoms with Crippen LogP contribution in [0.2, 0.25) is 0 Å². The molecule has 1 atom stereocenters. The Bertz CT molecular complexity index is 283. The third kappa shape index (κ3) is 4.60. The lowest BCUT2D eigenvalue weighted by Crippen LogP contribution is -2.44. The average molecular weight is 243 g/mol. The number of hydrogen-bond donors (Lipinski definition) is 2. The topological polar surface area (TPSA) is 72.9 Å². The van der Waals surface area contributed by atoms with E-state index >= 15 is 0 Å². The lowest BCUT2D eigenvalue weighted by atomic mass is 10.2. The van der Waals surface area contributed by atoms with Gasteiger partial charge in [-0.2, -0.15) is 0 Å². The van der Waals surface area contributed by atoms with E-state index in [1.165, 1.54) is 11.3 Å². The number of carboxylic acid groups (broad SMARTS) is 1. The third-order valence-electron chi connectivity index (χ3n) is 3.17. The van der Waals surface area contributed by atoms with Gasteiger partial charge in [-0.3, -0.25) is 4.79 Å². The lowest BCUT2D eigenvalue weighted by Gasteiger charge is -2.22. The average Bonchev–Trinajstić information content (AvgIpc) is 2.68. The summed E-state index contributed by atoms with van der Waals surface area (Å²) in [5, 5.41) is 11.3. The Morgan fingerprint density at radius 3 is 2.76 bits per heavy atom. The number of carboxylic acids is 1. The van der Waals surface area contributed by atoms with Crippen molar-refractivity contribution in [3.63, 3.8) is 0 Å². The molecule has 98 valence electrons. The fourth-order valence-corrected chi connectivity index (χ4v) is 1.94. The Balaban J connectivity index is 2.21. The number of likely N-dealkylation sites (tertiary alicyclic amines) is 1. The van der Waals surface area contributed by atoms with E-state index in [1.54, 1.807) is 7.05 Å². The molecule has 1 aliphatic heterocycles. The van der Waals surface area contributed by atoms with Crippen molar-refractivity contribution < 1.29 is 14.7 Å². The van der Waals surface area contributed by atoms with Crippen molar-refractivity contribution in [3.8, 4) is 0 Å². The highest BCUT2D eigenvalue weighted by Crippen LogP contribution is 2.13. The molecule has 2 amide bonds. The fourth-order valence-electron chi connectivity index (χ4n) is 1.94. The van der Waals surface area contributed by atoms with Crippen LogP contribution < -0.4 is 5.32 Å². The molecule has 0 saturated carbocycles. The van der Waals surface area contributed by atoms with Crippen molar-refractivity contribution in [1.82, 2.24) is 15.1 Å². The number of aliphatic carboxylic acids is 1. The minimum absolute atomic E-state index is 0.0206. The number of carbonyl (C=O) groups is 2. The van der Waals surface area contributed by atoms with Crippen LogP contribution in [0.3, 0.4) is 0 Å². The van der Waals surface area contributed by atoms with Crippen molar-refractivity contribution in [2.24, 2.45) is 0 Å². The first-order chi connectivity index (χ1) is 8.00. The Hall–Kier alpha value is -1.30. The molecule has 0 aromatic carbocycles. The maximum Gasteiger partial charge on any atom is 0.317 e. The van der Waals surface area contributed by atoms with E-state index in [0.29, 0.717) is 12.6 Å². The maximum atomic E-state index is 11.6. The fraction of sp³-hybridized carbons (Fsp3) is 0.818. The van der Waals surface area contributed by atoms with Crippen molar-refractivity contribution in [3.05, 3.63) is 0 Å². The smallest absolute Gasteiger partial charge is 0.317 e. The predicted octanol–water partition coefficient (Wildman–Crippen LogP) is 0.197. The van der Waals surface area contributed by atoms with Gasteiger partial charge in [0.2, 0.25) is 0 Å². The van der Waals surface area contributed by atoms with E-state index in [9.17, 15) is 9.59 Å². The molecule has 1 fully saturated rings. The first kappa shape index (κ1) is 13.8. The number of carbonyl (C=O) groups excluding carboxylic acids is 1. The first-order valence-corrected chi connectivity index (χ1v) is 5.91. The number of nitrogens with one attached hydrogen (secondary N) is 1. The summed E-state index contributed by atoms with van der Waals surface area (Å²) < 4.78 is 0. The number of urea groups is 1. The lowest BCUT2D eigenvalue weighted by molar-refractivity contribution is -0.137. The number of amides is 2. The van der Waals surface area contributed by atoms with E-state index in [1.807, 2.05) is 0 Å². The minimum atomic E-state index is -0.889. The molecule has 0 aromatic rings. The molecule has 1 aliphatic rings. The second-order valence-corrected chi connectivity index (χ2v) is 4.53. The van der Waals surface area contributed by atoms with Gasteiger partial charge < -0.3 is 20.2 Å². The van der Waals surface area contributed by atoms with E-state index in [-0.39, 0.29) is 19.0 Å². The van der Waals surface area contributed by atoms with Gasteiger partial charge in [-0.1, -0.05) is 0 Å². The van der Waals surface area contributed by atoms with Crippen molar-refractivity contribution in [1.29, 1.82) is 0 Å². The molecular weight excluding hydrogens is 222 g/mol. The van der Waals surface area contributed by atoms with E-state index in [2.05, 4.69) is 17.3 Å². The summed E-state index contributed by atoms with van der Waals surface area (Å²) >= 11 is 0. The van der Waals surface area contributed by atoms with Crippen LogP contribution in [0.15, 0.2) is 0 Å². The van der Waals surface area contributed by atoms with Crippen LogP contribution in [0.1, 0.15) is 19.3 Å². The zero-order chi connectivity index (χ0) is 12.8. The highest BCUT2D eigenvalue weighted by molar-refractivity contribution is 5.75. The number of likely N-dealkylation sites (N-methyl/N-ethyl adjacent to an activating group) is 1. The molecule has 6 nitrogen and oxygen atoms in total. The van der Waals surface area contributed by atoms with Crippen LogP contribution in [0, 0.1) is 0 Å². The molecule has 0 aliphatic carbocycles. The van der Waals surface area contributed by atoms with E-state index in [0.717, 1.165) is 13.0 Å². The molecule has 0 radical (unpaired) electrons. The van der Waals surface area contributed by atoms with Gasteiger partial charge in [0.1, 0.15) is 0 Å². The van der Waals surface area contributed by atoms with Crippen molar-refractivity contribution >= 4 is 12.0 Å². The van der Waals surface area contributed by atoms with Crippen LogP contribution in [0.25, 0.3) is 0 Å². The van der Waals surface area contributed by atoms with E-state index < -0.39 is 5.97 Å². The monoisotopic (exact) mass is 243 g/mol. The molecular formula is C11H21N3O3. The predicted molar refractivity (Wildman–Crippen MR) is 63.9 cm³/mol. The molecule has 6 heteroatoms. The largest absolute Gasteiger partial charge is 0.481 e. The Morgan fingerprint density at radius 1 is 1.53 bits per heavy atom. The SMILES string of the molecule is CN(CCC(=O)O)C(=O)NCC1CCCN1C. The van der Waals surface area contributed by atoms with Crippen LogP contribution in [-0.4, -0.2) is 66.7 Å². The molecule has 17 heavy (non-hydrogen) atoms. The van der Waals surface area contributed by atoms with Crippen LogP contribution in [0.5, 0.6) is 0 Å². The standard InChI is InChI=1S/C11H21N3O3/c1-13-6-3-4-9(13)8-12-11(17)14(2)7-5-10(15)16/h9H,3-8H2,1-2H3,(H,12,17)(H,15,16). The zero-order valence-electron chi connectivity index (χ0n) is 10.5. The highest BCUT2D eigenvalue weighted by atomic mass is 16.4. The highest BCUT2D eigenvalue weighted by Gasteiger charge is 2.21. The number of nitrogens with zero attached hydrogens (tertiary/aromatic N) is 2. The van der Waals surface area contributed by atoms with Gasteiger partial charge in [-0.15, -0.1) is 0 Å². The summed E-state index contributed by atoms with van der Waals surface area (Å²) in [5.74, 6) is -0.889. The molecule has 0 spiro atoms. The van der Waals surface area contributed by atoms with E-state index in [4.69, 9.17) is 5.11 Å². The Kier molecular flexibility index (Phi) is 5.21. The van der Waals surface area contributed by atoms with Gasteiger partial charge in [-0.25, -0.2) is 4.79 Å². The molecule has 2 N–H and O–H groups in total. The minimum Gasteiger partial charge on any atom is -0.481 e. The zero-order valence-corrected chi connectivity index (χ0v) is 10.5. The van der Waals surface area contributed by atoms with Crippen LogP contribution in [-0.2, 0) is 4.79 Å². The summed E-state index contributed by atoms with van der Waals surface area (Å²) in [4.78, 5) is 25.6. The normalized spacial score (nSPS) is 20.2. The summed E-state index contributed by atoms with van der Waals surface area (Å²) in [6.45, 7) is 1.95. The second-order valence-electron chi connectivity index (χ2n) is 4.53. The van der Waals surface area contributed by atoms with Crippen molar-refractivity contribution in [2.45, 2.75) is 25.3 Å². The second kappa shape index (κ2) is 6.44. The third-order valence-corrected chi connectivity index (χ3v) is 3.17. The van der Waals surface area contributed by atoms with Gasteiger partial charge in [0.05, 0.1) is 6.42 Å². The molecule has 0 aromatic heterocycles. The summed E-state index contributed by atoms with van der Waals surface area (Å²) in [6, 6.07) is 0.207. The molecule has 1 heterocycles. The van der Waals surface area contributed by atoms with Gasteiger partial charge in [-0.05, 0) is 26.4 Å². The number of hydrogen-bond acceptors (Lipinski definition) is 3. The summed E-state index contributed by atoms with van der Waals surface area (Å²) in [5.41, 5.74) is 0. The molecule has 1 rings (SSSR count). The summed E-state index contributed by atoms with van der Waals surface area (Å²) in [6.07, 6.45) is 2.26.